The summed E-state index contributed by atoms with van der Waals surface area (Å²) in [4.78, 5) is 0. The van der Waals surface area contributed by atoms with Crippen molar-refractivity contribution in [1.29, 1.82) is 0 Å². The largest absolute Gasteiger partial charge is 0.152 e. The van der Waals surface area contributed by atoms with Crippen molar-refractivity contribution >= 4 is 11.3 Å². The van der Waals surface area contributed by atoms with Crippen molar-refractivity contribution in [3.05, 3.63) is 69.0 Å². The quantitative estimate of drug-likeness (QED) is 0.231. The van der Waals surface area contributed by atoms with Crippen LogP contribution in [0.2, 0.25) is 0 Å². The Balaban J connectivity index is 2.19. The van der Waals surface area contributed by atoms with Crippen molar-refractivity contribution in [2.24, 2.45) is 0 Å². The number of terminal acetylenes is 1. The van der Waals surface area contributed by atoms with Crippen LogP contribution in [0, 0.1) is 12.3 Å². The molecule has 0 bridgehead atoms. The standard InChI is InChI=1S/C27H38S/c1-6-11-23(2)12-7-13-24(3)14-8-15-25(4)16-9-17-26(5)18-10-19-27-20-21-28-22-27/h1,12,14,16,18,20-22H,7-11,13,15,17,19H2,2-5H3. The van der Waals surface area contributed by atoms with Crippen molar-refractivity contribution in [3.63, 3.8) is 0 Å². The predicted molar refractivity (Wildman–Crippen MR) is 129 cm³/mol. The summed E-state index contributed by atoms with van der Waals surface area (Å²) in [5.74, 6) is 2.70. The number of thiophene rings is 1. The third-order valence-corrected chi connectivity index (χ3v) is 5.71. The first-order chi connectivity index (χ1) is 13.5. The minimum atomic E-state index is 0.774. The molecule has 0 aliphatic heterocycles. The molecule has 0 N–H and O–H groups in total. The van der Waals surface area contributed by atoms with Gasteiger partial charge in [-0.15, -0.1) is 12.3 Å². The zero-order valence-corrected chi connectivity index (χ0v) is 19.2. The van der Waals surface area contributed by atoms with Crippen LogP contribution in [0.25, 0.3) is 0 Å². The van der Waals surface area contributed by atoms with E-state index in [1.807, 2.05) is 0 Å². The van der Waals surface area contributed by atoms with Gasteiger partial charge in [0.2, 0.25) is 0 Å². The number of aryl methyl sites for hydroxylation is 1. The van der Waals surface area contributed by atoms with Gasteiger partial charge in [-0.3, -0.25) is 0 Å². The molecule has 1 heterocycles. The second kappa shape index (κ2) is 15.2. The van der Waals surface area contributed by atoms with Gasteiger partial charge < -0.3 is 0 Å². The Morgan fingerprint density at radius 1 is 0.821 bits per heavy atom. The number of hydrogen-bond acceptors (Lipinski definition) is 1. The Morgan fingerprint density at radius 3 is 1.79 bits per heavy atom. The molecule has 1 aromatic rings. The molecule has 28 heavy (non-hydrogen) atoms. The molecule has 0 amide bonds. The highest BCUT2D eigenvalue weighted by Gasteiger charge is 1.95. The van der Waals surface area contributed by atoms with E-state index in [9.17, 15) is 0 Å². The van der Waals surface area contributed by atoms with Gasteiger partial charge in [0.25, 0.3) is 0 Å². The van der Waals surface area contributed by atoms with E-state index in [1.54, 1.807) is 11.3 Å². The lowest BCUT2D eigenvalue weighted by molar-refractivity contribution is 0.893. The summed E-state index contributed by atoms with van der Waals surface area (Å²) in [7, 11) is 0. The first-order valence-electron chi connectivity index (χ1n) is 10.6. The Labute approximate surface area is 178 Å². The van der Waals surface area contributed by atoms with Crippen LogP contribution in [0.3, 0.4) is 0 Å². The van der Waals surface area contributed by atoms with Crippen molar-refractivity contribution in [1.82, 2.24) is 0 Å². The maximum Gasteiger partial charge on any atom is 0.0293 e. The summed E-state index contributed by atoms with van der Waals surface area (Å²) in [5, 5.41) is 4.41. The summed E-state index contributed by atoms with van der Waals surface area (Å²) in [6, 6.07) is 2.23. The van der Waals surface area contributed by atoms with E-state index in [1.165, 1.54) is 47.1 Å². The van der Waals surface area contributed by atoms with Crippen molar-refractivity contribution in [2.45, 2.75) is 85.5 Å². The molecule has 152 valence electrons. The SMILES string of the molecule is C#CCC(C)=CCCC(C)=CCCC(C)=CCCC(C)=CCCc1ccsc1. The summed E-state index contributed by atoms with van der Waals surface area (Å²) < 4.78 is 0. The third-order valence-electron chi connectivity index (χ3n) is 4.98. The molecular weight excluding hydrogens is 356 g/mol. The highest BCUT2D eigenvalue weighted by molar-refractivity contribution is 7.07. The average Bonchev–Trinajstić information content (AvgIpc) is 3.15. The molecule has 1 aromatic heterocycles. The van der Waals surface area contributed by atoms with Crippen LogP contribution in [-0.4, -0.2) is 0 Å². The minimum Gasteiger partial charge on any atom is -0.152 e. The van der Waals surface area contributed by atoms with Crippen LogP contribution in [0.5, 0.6) is 0 Å². The van der Waals surface area contributed by atoms with E-state index in [0.717, 1.165) is 38.5 Å². The second-order valence-corrected chi connectivity index (χ2v) is 8.65. The molecule has 0 nitrogen and oxygen atoms in total. The molecule has 0 atom stereocenters. The lowest BCUT2D eigenvalue weighted by Gasteiger charge is -2.03. The minimum absolute atomic E-state index is 0.774. The summed E-state index contributed by atoms with van der Waals surface area (Å²) >= 11 is 1.79. The second-order valence-electron chi connectivity index (χ2n) is 7.87. The fourth-order valence-electron chi connectivity index (χ4n) is 3.10. The maximum atomic E-state index is 5.34. The van der Waals surface area contributed by atoms with Gasteiger partial charge in [-0.25, -0.2) is 0 Å². The molecule has 0 saturated heterocycles. The highest BCUT2D eigenvalue weighted by Crippen LogP contribution is 2.15. The van der Waals surface area contributed by atoms with Crippen LogP contribution < -0.4 is 0 Å². The van der Waals surface area contributed by atoms with E-state index in [-0.39, 0.29) is 0 Å². The van der Waals surface area contributed by atoms with Crippen molar-refractivity contribution in [3.8, 4) is 12.3 Å². The topological polar surface area (TPSA) is 0 Å². The normalized spacial score (nSPS) is 13.7. The summed E-state index contributed by atoms with van der Waals surface area (Å²) in [5.41, 5.74) is 7.29. The number of allylic oxidation sites excluding steroid dienone is 8. The molecule has 0 unspecified atom stereocenters. The molecule has 0 aliphatic carbocycles. The lowest BCUT2D eigenvalue weighted by atomic mass is 10.0. The van der Waals surface area contributed by atoms with E-state index in [2.05, 4.69) is 74.7 Å². The summed E-state index contributed by atoms with van der Waals surface area (Å²) in [6.45, 7) is 8.90. The van der Waals surface area contributed by atoms with E-state index < -0.39 is 0 Å². The van der Waals surface area contributed by atoms with E-state index >= 15 is 0 Å². The van der Waals surface area contributed by atoms with Crippen LogP contribution in [0.4, 0.5) is 0 Å². The first kappa shape index (κ1) is 24.3. The smallest absolute Gasteiger partial charge is 0.0293 e. The highest BCUT2D eigenvalue weighted by atomic mass is 32.1. The van der Waals surface area contributed by atoms with Gasteiger partial charge in [0.1, 0.15) is 0 Å². The Bertz CT molecular complexity index is 702. The maximum absolute atomic E-state index is 5.34. The van der Waals surface area contributed by atoms with Crippen LogP contribution in [0.15, 0.2) is 63.4 Å². The van der Waals surface area contributed by atoms with E-state index in [4.69, 9.17) is 6.42 Å². The van der Waals surface area contributed by atoms with Gasteiger partial charge in [-0.1, -0.05) is 46.6 Å². The third kappa shape index (κ3) is 12.6. The molecule has 0 aliphatic rings. The Hall–Kier alpha value is -1.78. The van der Waals surface area contributed by atoms with Gasteiger partial charge in [0.05, 0.1) is 0 Å². The summed E-state index contributed by atoms with van der Waals surface area (Å²) in [6.07, 6.45) is 24.8. The molecule has 0 aromatic carbocycles. The van der Waals surface area contributed by atoms with Crippen molar-refractivity contribution < 1.29 is 0 Å². The fourth-order valence-corrected chi connectivity index (χ4v) is 3.80. The van der Waals surface area contributed by atoms with Crippen molar-refractivity contribution in [2.75, 3.05) is 0 Å². The van der Waals surface area contributed by atoms with Crippen LogP contribution in [0.1, 0.15) is 84.6 Å². The van der Waals surface area contributed by atoms with Gasteiger partial charge in [0, 0.05) is 6.42 Å². The molecule has 1 heteroatoms. The Kier molecular flexibility index (Phi) is 13.2. The zero-order valence-electron chi connectivity index (χ0n) is 18.4. The van der Waals surface area contributed by atoms with Gasteiger partial charge in [0.15, 0.2) is 0 Å². The number of rotatable bonds is 13. The molecule has 0 radical (unpaired) electrons. The predicted octanol–water partition coefficient (Wildman–Crippen LogP) is 8.83. The molecule has 0 saturated carbocycles. The fraction of sp³-hybridized carbons (Fsp3) is 0.481. The zero-order chi connectivity index (χ0) is 20.6. The number of hydrogen-bond donors (Lipinski definition) is 0. The molecule has 0 fully saturated rings. The van der Waals surface area contributed by atoms with E-state index in [0.29, 0.717) is 0 Å². The molecular formula is C27H38S. The van der Waals surface area contributed by atoms with Crippen LogP contribution in [-0.2, 0) is 6.42 Å². The lowest BCUT2D eigenvalue weighted by Crippen LogP contribution is -1.83. The van der Waals surface area contributed by atoms with Gasteiger partial charge in [-0.2, -0.15) is 11.3 Å². The molecule has 1 rings (SSSR count). The van der Waals surface area contributed by atoms with Crippen LogP contribution >= 0.6 is 11.3 Å². The van der Waals surface area contributed by atoms with Gasteiger partial charge in [-0.05, 0) is 101 Å². The van der Waals surface area contributed by atoms with Gasteiger partial charge >= 0.3 is 0 Å². The monoisotopic (exact) mass is 394 g/mol. The first-order valence-corrected chi connectivity index (χ1v) is 11.5. The molecule has 0 spiro atoms. The Morgan fingerprint density at radius 2 is 1.32 bits per heavy atom. The average molecular weight is 395 g/mol.